The summed E-state index contributed by atoms with van der Waals surface area (Å²) in [5, 5.41) is -5.03. The van der Waals surface area contributed by atoms with Crippen molar-refractivity contribution in [2.75, 3.05) is 0 Å². The highest BCUT2D eigenvalue weighted by atomic mass is 32.2. The van der Waals surface area contributed by atoms with Gasteiger partial charge in [-0.15, -0.1) is 0 Å². The minimum atomic E-state index is -5.89. The summed E-state index contributed by atoms with van der Waals surface area (Å²) in [5.41, 5.74) is 0.161. The topological polar surface area (TPSA) is 107 Å². The second-order valence-corrected chi connectivity index (χ2v) is 6.10. The summed E-state index contributed by atoms with van der Waals surface area (Å²) in [6.07, 6.45) is -1.29. The quantitative estimate of drug-likeness (QED) is 0.456. The van der Waals surface area contributed by atoms with Crippen molar-refractivity contribution in [3.8, 4) is 0 Å². The van der Waals surface area contributed by atoms with Crippen LogP contribution in [0.3, 0.4) is 0 Å². The lowest BCUT2D eigenvalue weighted by atomic mass is 10.3. The molecule has 1 aliphatic carbocycles. The Morgan fingerprint density at radius 1 is 1.24 bits per heavy atom. The lowest BCUT2D eigenvalue weighted by Crippen LogP contribution is -2.40. The maximum atomic E-state index is 13.0. The van der Waals surface area contributed by atoms with Gasteiger partial charge in [0.2, 0.25) is 0 Å². The highest BCUT2D eigenvalue weighted by Crippen LogP contribution is 2.29. The number of carbonyl (C=O) groups excluding carboxylic acids is 2. The smallest absolute Gasteiger partial charge is 0.459 e. The fourth-order valence-corrected chi connectivity index (χ4v) is 1.95. The average molecular weight is 328 g/mol. The van der Waals surface area contributed by atoms with E-state index >= 15 is 0 Å². The number of hydrogen-bond acceptors (Lipinski definition) is 6. The molecule has 0 aromatic heterocycles. The molecule has 0 radical (unpaired) electrons. The van der Waals surface area contributed by atoms with Crippen molar-refractivity contribution in [2.24, 2.45) is 0 Å². The first kappa shape index (κ1) is 17.5. The molecule has 0 bridgehead atoms. The van der Waals surface area contributed by atoms with Crippen LogP contribution >= 0.6 is 0 Å². The molecule has 21 heavy (non-hydrogen) atoms. The summed E-state index contributed by atoms with van der Waals surface area (Å²) in [6.45, 7) is 4.80. The maximum Gasteiger partial charge on any atom is 0.465 e. The van der Waals surface area contributed by atoms with E-state index in [1.807, 2.05) is 0 Å². The zero-order valence-corrected chi connectivity index (χ0v) is 11.9. The number of alkyl halides is 2. The molecule has 0 aromatic rings. The summed E-state index contributed by atoms with van der Waals surface area (Å²) in [6, 6.07) is 0. The number of esters is 2. The van der Waals surface area contributed by atoms with E-state index in [1.54, 1.807) is 0 Å². The fraction of sp³-hybridized carbons (Fsp3) is 0.636. The maximum absolute atomic E-state index is 13.0. The van der Waals surface area contributed by atoms with Crippen LogP contribution in [-0.4, -0.2) is 42.4 Å². The van der Waals surface area contributed by atoms with E-state index in [0.29, 0.717) is 0 Å². The Labute approximate surface area is 119 Å². The largest absolute Gasteiger partial charge is 0.465 e. The molecule has 1 N–H and O–H groups in total. The molecule has 1 aliphatic rings. The molecule has 0 saturated heterocycles. The molecule has 0 heterocycles. The number of hydrogen-bond donors (Lipinski definition) is 1. The Balaban J connectivity index is 2.58. The highest BCUT2D eigenvalue weighted by molar-refractivity contribution is 7.87. The molecular weight excluding hydrogens is 314 g/mol. The third-order valence-corrected chi connectivity index (χ3v) is 3.61. The van der Waals surface area contributed by atoms with Crippen LogP contribution in [0.2, 0.25) is 0 Å². The first-order valence-electron chi connectivity index (χ1n) is 5.87. The van der Waals surface area contributed by atoms with Gasteiger partial charge in [-0.3, -0.25) is 4.55 Å². The van der Waals surface area contributed by atoms with Gasteiger partial charge in [0.1, 0.15) is 12.2 Å². The van der Waals surface area contributed by atoms with Crippen LogP contribution < -0.4 is 0 Å². The van der Waals surface area contributed by atoms with E-state index < -0.39 is 39.5 Å². The normalized spacial score (nSPS) is 22.7. The molecule has 2 unspecified atom stereocenters. The summed E-state index contributed by atoms with van der Waals surface area (Å²) in [5.74, 6) is -3.02. The molecule has 120 valence electrons. The summed E-state index contributed by atoms with van der Waals surface area (Å²) in [7, 11) is -5.89. The van der Waals surface area contributed by atoms with E-state index in [4.69, 9.17) is 9.29 Å². The second kappa shape index (κ2) is 6.06. The van der Waals surface area contributed by atoms with E-state index in [1.165, 1.54) is 6.92 Å². The van der Waals surface area contributed by atoms with E-state index in [2.05, 4.69) is 11.3 Å². The van der Waals surface area contributed by atoms with Crippen molar-refractivity contribution in [2.45, 2.75) is 43.6 Å². The fourth-order valence-electron chi connectivity index (χ4n) is 1.69. The molecule has 0 amide bonds. The molecule has 0 aliphatic heterocycles. The number of ether oxygens (including phenoxy) is 2. The van der Waals surface area contributed by atoms with Crippen molar-refractivity contribution in [3.05, 3.63) is 12.2 Å². The van der Waals surface area contributed by atoms with Gasteiger partial charge in [0.15, 0.2) is 0 Å². The van der Waals surface area contributed by atoms with Gasteiger partial charge >= 0.3 is 27.3 Å². The van der Waals surface area contributed by atoms with Crippen LogP contribution in [0.5, 0.6) is 0 Å². The van der Waals surface area contributed by atoms with E-state index in [0.717, 1.165) is 0 Å². The van der Waals surface area contributed by atoms with Gasteiger partial charge in [0.05, 0.1) is 0 Å². The van der Waals surface area contributed by atoms with Crippen molar-refractivity contribution < 1.29 is 40.8 Å². The summed E-state index contributed by atoms with van der Waals surface area (Å²) < 4.78 is 64.3. The van der Waals surface area contributed by atoms with Crippen molar-refractivity contribution in [3.63, 3.8) is 0 Å². The zero-order valence-electron chi connectivity index (χ0n) is 11.0. The number of carbonyl (C=O) groups is 2. The highest BCUT2D eigenvalue weighted by Gasteiger charge is 2.55. The number of halogens is 2. The van der Waals surface area contributed by atoms with Crippen molar-refractivity contribution in [1.82, 2.24) is 0 Å². The van der Waals surface area contributed by atoms with Crippen LogP contribution in [0.1, 0.15) is 26.2 Å². The Morgan fingerprint density at radius 3 is 2.14 bits per heavy atom. The summed E-state index contributed by atoms with van der Waals surface area (Å²) in [4.78, 5) is 22.3. The van der Waals surface area contributed by atoms with Crippen LogP contribution in [0, 0.1) is 0 Å². The van der Waals surface area contributed by atoms with Crippen LogP contribution in [-0.2, 0) is 29.2 Å². The average Bonchev–Trinajstić information content (AvgIpc) is 2.74. The molecule has 7 nitrogen and oxygen atoms in total. The third kappa shape index (κ3) is 4.21. The van der Waals surface area contributed by atoms with Gasteiger partial charge in [-0.05, 0) is 19.8 Å². The molecule has 2 atom stereocenters. The van der Waals surface area contributed by atoms with Gasteiger partial charge in [-0.1, -0.05) is 6.58 Å². The standard InChI is InChI=1S/C11H14F2O7S/c1-6(2)9(14)19-7-3-4-8(5-7)20-10(15)11(12,13)21(16,17)18/h7-8H,1,3-5H2,2H3,(H,16,17,18). The SMILES string of the molecule is C=C(C)C(=O)OC1CCC(OC(=O)C(F)(F)S(=O)(=O)O)C1. The molecule has 0 spiro atoms. The zero-order chi connectivity index (χ0) is 16.4. The Morgan fingerprint density at radius 2 is 1.71 bits per heavy atom. The molecule has 10 heteroatoms. The second-order valence-electron chi connectivity index (χ2n) is 4.64. The van der Waals surface area contributed by atoms with Crippen molar-refractivity contribution in [1.29, 1.82) is 0 Å². The Bertz CT molecular complexity index is 555. The van der Waals surface area contributed by atoms with Crippen LogP contribution in [0.15, 0.2) is 12.2 Å². The predicted molar refractivity (Wildman–Crippen MR) is 64.9 cm³/mol. The lowest BCUT2D eigenvalue weighted by molar-refractivity contribution is -0.167. The minimum absolute atomic E-state index is 0.0354. The molecule has 1 rings (SSSR count). The molecule has 1 saturated carbocycles. The van der Waals surface area contributed by atoms with Gasteiger partial charge in [-0.2, -0.15) is 17.2 Å². The van der Waals surface area contributed by atoms with E-state index in [-0.39, 0.29) is 24.8 Å². The summed E-state index contributed by atoms with van der Waals surface area (Å²) >= 11 is 0. The van der Waals surface area contributed by atoms with E-state index in [9.17, 15) is 26.8 Å². The predicted octanol–water partition coefficient (Wildman–Crippen LogP) is 1.05. The molecule has 1 fully saturated rings. The van der Waals surface area contributed by atoms with Gasteiger partial charge in [-0.25, -0.2) is 9.59 Å². The molecule has 0 aromatic carbocycles. The lowest BCUT2D eigenvalue weighted by Gasteiger charge is -2.16. The van der Waals surface area contributed by atoms with Gasteiger partial charge in [0.25, 0.3) is 0 Å². The minimum Gasteiger partial charge on any atom is -0.459 e. The van der Waals surface area contributed by atoms with Crippen molar-refractivity contribution >= 4 is 22.1 Å². The third-order valence-electron chi connectivity index (χ3n) is 2.79. The van der Waals surface area contributed by atoms with Crippen LogP contribution in [0.4, 0.5) is 8.78 Å². The first-order chi connectivity index (χ1) is 9.45. The first-order valence-corrected chi connectivity index (χ1v) is 7.31. The monoisotopic (exact) mass is 328 g/mol. The Kier molecular flexibility index (Phi) is 5.05. The molecular formula is C11H14F2O7S. The van der Waals surface area contributed by atoms with Crippen LogP contribution in [0.25, 0.3) is 0 Å². The Hall–Kier alpha value is -1.55. The van der Waals surface area contributed by atoms with Gasteiger partial charge < -0.3 is 9.47 Å². The van der Waals surface area contributed by atoms with Gasteiger partial charge in [0, 0.05) is 12.0 Å². The number of rotatable bonds is 5.